The number of primary amides is 1. The van der Waals surface area contributed by atoms with Gasteiger partial charge in [0.1, 0.15) is 0 Å². The van der Waals surface area contributed by atoms with Crippen molar-refractivity contribution in [1.29, 1.82) is 0 Å². The summed E-state index contributed by atoms with van der Waals surface area (Å²) in [5, 5.41) is 7.37. The van der Waals surface area contributed by atoms with E-state index in [1.54, 1.807) is 16.7 Å². The lowest BCUT2D eigenvalue weighted by Gasteiger charge is -2.14. The highest BCUT2D eigenvalue weighted by Crippen LogP contribution is 2.05. The molecule has 0 aliphatic heterocycles. The molecule has 0 bridgehead atoms. The predicted octanol–water partition coefficient (Wildman–Crippen LogP) is 0.0567. The average molecular weight is 328 g/mol. The standard InChI is InChI=1S/C15H16N6O3/c1-9(17-6-12-19-14(13(16)22)24-20-12)7-21-8-18-11-5-3-2-4-10(11)15(21)23/h2-5,8-9,17H,6-7H2,1H3,(H2,16,22). The number of carbonyl (C=O) groups is 1. The van der Waals surface area contributed by atoms with Gasteiger partial charge in [0.2, 0.25) is 0 Å². The number of para-hydroxylation sites is 1. The molecule has 3 N–H and O–H groups in total. The van der Waals surface area contributed by atoms with Crippen LogP contribution in [0.25, 0.3) is 10.9 Å². The summed E-state index contributed by atoms with van der Waals surface area (Å²) in [6.07, 6.45) is 1.53. The highest BCUT2D eigenvalue weighted by atomic mass is 16.5. The summed E-state index contributed by atoms with van der Waals surface area (Å²) in [4.78, 5) is 31.5. The van der Waals surface area contributed by atoms with E-state index in [2.05, 4.69) is 20.4 Å². The van der Waals surface area contributed by atoms with Gasteiger partial charge in [0.05, 0.1) is 23.8 Å². The molecule has 9 heteroatoms. The fourth-order valence-corrected chi connectivity index (χ4v) is 2.29. The molecule has 3 rings (SSSR count). The molecule has 0 radical (unpaired) electrons. The minimum absolute atomic E-state index is 0.0545. The first-order valence-electron chi connectivity index (χ1n) is 7.34. The Balaban J connectivity index is 1.66. The zero-order valence-corrected chi connectivity index (χ0v) is 13.0. The van der Waals surface area contributed by atoms with Gasteiger partial charge in [-0.15, -0.1) is 0 Å². The number of fused-ring (bicyclic) bond motifs is 1. The van der Waals surface area contributed by atoms with Crippen molar-refractivity contribution in [3.8, 4) is 0 Å². The van der Waals surface area contributed by atoms with Crippen LogP contribution in [0, 0.1) is 0 Å². The Morgan fingerprint density at radius 1 is 1.42 bits per heavy atom. The van der Waals surface area contributed by atoms with E-state index in [0.29, 0.717) is 23.3 Å². The van der Waals surface area contributed by atoms with Crippen LogP contribution < -0.4 is 16.6 Å². The molecule has 0 spiro atoms. The maximum atomic E-state index is 12.4. The number of nitrogens with one attached hydrogen (secondary N) is 1. The number of hydrogen-bond donors (Lipinski definition) is 2. The molecule has 0 aliphatic carbocycles. The van der Waals surface area contributed by atoms with Gasteiger partial charge < -0.3 is 15.6 Å². The van der Waals surface area contributed by atoms with Gasteiger partial charge in [-0.25, -0.2) is 4.98 Å². The molecule has 0 aliphatic rings. The fourth-order valence-electron chi connectivity index (χ4n) is 2.29. The van der Waals surface area contributed by atoms with Crippen molar-refractivity contribution >= 4 is 16.8 Å². The van der Waals surface area contributed by atoms with Gasteiger partial charge in [0, 0.05) is 12.6 Å². The van der Waals surface area contributed by atoms with Gasteiger partial charge >= 0.3 is 11.8 Å². The molecule has 1 atom stereocenters. The number of rotatable bonds is 6. The van der Waals surface area contributed by atoms with Crippen molar-refractivity contribution in [1.82, 2.24) is 25.0 Å². The molecular weight excluding hydrogens is 312 g/mol. The minimum atomic E-state index is -0.768. The fraction of sp³-hybridized carbons (Fsp3) is 0.267. The highest BCUT2D eigenvalue weighted by Gasteiger charge is 2.12. The number of carbonyl (C=O) groups excluding carboxylic acids is 1. The summed E-state index contributed by atoms with van der Waals surface area (Å²) in [5.41, 5.74) is 5.63. The number of nitrogens with zero attached hydrogens (tertiary/aromatic N) is 4. The van der Waals surface area contributed by atoms with E-state index in [-0.39, 0.29) is 24.0 Å². The monoisotopic (exact) mass is 328 g/mol. The maximum Gasteiger partial charge on any atom is 0.315 e. The summed E-state index contributed by atoms with van der Waals surface area (Å²) in [6.45, 7) is 2.63. The second kappa shape index (κ2) is 6.59. The second-order valence-electron chi connectivity index (χ2n) is 5.38. The Morgan fingerprint density at radius 2 is 2.21 bits per heavy atom. The number of benzene rings is 1. The zero-order chi connectivity index (χ0) is 17.1. The smallest absolute Gasteiger partial charge is 0.315 e. The van der Waals surface area contributed by atoms with Crippen molar-refractivity contribution in [3.05, 3.63) is 52.7 Å². The second-order valence-corrected chi connectivity index (χ2v) is 5.38. The molecule has 0 saturated heterocycles. The molecule has 9 nitrogen and oxygen atoms in total. The lowest BCUT2D eigenvalue weighted by Crippen LogP contribution is -2.34. The number of aromatic nitrogens is 4. The van der Waals surface area contributed by atoms with Crippen LogP contribution in [-0.4, -0.2) is 31.6 Å². The van der Waals surface area contributed by atoms with Gasteiger partial charge in [-0.1, -0.05) is 17.3 Å². The van der Waals surface area contributed by atoms with E-state index >= 15 is 0 Å². The third kappa shape index (κ3) is 3.30. The van der Waals surface area contributed by atoms with Crippen molar-refractivity contribution in [2.24, 2.45) is 5.73 Å². The SMILES string of the molecule is CC(Cn1cnc2ccccc2c1=O)NCc1noc(C(N)=O)n1. The van der Waals surface area contributed by atoms with Crippen LogP contribution in [0.2, 0.25) is 0 Å². The van der Waals surface area contributed by atoms with E-state index in [9.17, 15) is 9.59 Å². The average Bonchev–Trinajstić information content (AvgIpc) is 3.05. The first-order valence-corrected chi connectivity index (χ1v) is 7.34. The Hall–Kier alpha value is -3.07. The van der Waals surface area contributed by atoms with Crippen molar-refractivity contribution in [2.75, 3.05) is 0 Å². The summed E-state index contributed by atoms with van der Waals surface area (Å²) >= 11 is 0. The van der Waals surface area contributed by atoms with E-state index in [0.717, 1.165) is 0 Å². The molecule has 2 heterocycles. The largest absolute Gasteiger partial charge is 0.361 e. The molecule has 0 saturated carbocycles. The van der Waals surface area contributed by atoms with E-state index < -0.39 is 5.91 Å². The van der Waals surface area contributed by atoms with E-state index in [1.165, 1.54) is 6.33 Å². The van der Waals surface area contributed by atoms with Crippen LogP contribution in [0.1, 0.15) is 23.4 Å². The Kier molecular flexibility index (Phi) is 4.34. The lowest BCUT2D eigenvalue weighted by atomic mass is 10.2. The summed E-state index contributed by atoms with van der Waals surface area (Å²) in [6, 6.07) is 7.15. The zero-order valence-electron chi connectivity index (χ0n) is 13.0. The van der Waals surface area contributed by atoms with Crippen LogP contribution in [0.15, 0.2) is 39.9 Å². The van der Waals surface area contributed by atoms with Gasteiger partial charge in [0.15, 0.2) is 5.82 Å². The number of hydrogen-bond acceptors (Lipinski definition) is 7. The molecule has 1 unspecified atom stereocenters. The van der Waals surface area contributed by atoms with Crippen molar-refractivity contribution < 1.29 is 9.32 Å². The first-order chi connectivity index (χ1) is 11.5. The molecule has 0 fully saturated rings. The third-order valence-electron chi connectivity index (χ3n) is 3.49. The van der Waals surface area contributed by atoms with E-state index in [4.69, 9.17) is 10.3 Å². The minimum Gasteiger partial charge on any atom is -0.361 e. The van der Waals surface area contributed by atoms with E-state index in [1.807, 2.05) is 19.1 Å². The quantitative estimate of drug-likeness (QED) is 0.654. The Labute approximate surface area is 136 Å². The molecule has 3 aromatic rings. The molecule has 24 heavy (non-hydrogen) atoms. The van der Waals surface area contributed by atoms with Crippen LogP contribution in [-0.2, 0) is 13.1 Å². The maximum absolute atomic E-state index is 12.4. The predicted molar refractivity (Wildman–Crippen MR) is 85.1 cm³/mol. The van der Waals surface area contributed by atoms with Gasteiger partial charge in [-0.3, -0.25) is 14.2 Å². The summed E-state index contributed by atoms with van der Waals surface area (Å²) in [5.74, 6) is -0.676. The molecule has 1 amide bonds. The topological polar surface area (TPSA) is 129 Å². The molecular formula is C15H16N6O3. The Bertz CT molecular complexity index is 932. The van der Waals surface area contributed by atoms with Crippen LogP contribution in [0.4, 0.5) is 0 Å². The normalized spacial score (nSPS) is 12.4. The Morgan fingerprint density at radius 3 is 2.96 bits per heavy atom. The molecule has 124 valence electrons. The number of nitrogens with two attached hydrogens (primary N) is 1. The van der Waals surface area contributed by atoms with Crippen LogP contribution in [0.5, 0.6) is 0 Å². The van der Waals surface area contributed by atoms with Gasteiger partial charge in [0.25, 0.3) is 5.56 Å². The lowest BCUT2D eigenvalue weighted by molar-refractivity contribution is 0.0958. The molecule has 1 aromatic carbocycles. The highest BCUT2D eigenvalue weighted by molar-refractivity contribution is 5.87. The summed E-state index contributed by atoms with van der Waals surface area (Å²) in [7, 11) is 0. The summed E-state index contributed by atoms with van der Waals surface area (Å²) < 4.78 is 6.25. The third-order valence-corrected chi connectivity index (χ3v) is 3.49. The van der Waals surface area contributed by atoms with Gasteiger partial charge in [-0.05, 0) is 19.1 Å². The van der Waals surface area contributed by atoms with Gasteiger partial charge in [-0.2, -0.15) is 4.98 Å². The van der Waals surface area contributed by atoms with Crippen LogP contribution >= 0.6 is 0 Å². The van der Waals surface area contributed by atoms with Crippen molar-refractivity contribution in [2.45, 2.75) is 26.1 Å². The van der Waals surface area contributed by atoms with Crippen molar-refractivity contribution in [3.63, 3.8) is 0 Å². The first kappa shape index (κ1) is 15.8. The number of amides is 1. The molecule has 2 aromatic heterocycles. The van der Waals surface area contributed by atoms with Crippen LogP contribution in [0.3, 0.4) is 0 Å².